The summed E-state index contributed by atoms with van der Waals surface area (Å²) in [6, 6.07) is 0. The summed E-state index contributed by atoms with van der Waals surface area (Å²) < 4.78 is 0. The van der Waals surface area contributed by atoms with Crippen LogP contribution in [0, 0.1) is 10.7 Å². The van der Waals surface area contributed by atoms with Gasteiger partial charge in [-0.1, -0.05) is 12.6 Å². The van der Waals surface area contributed by atoms with Gasteiger partial charge < -0.3 is 0 Å². The van der Waals surface area contributed by atoms with Gasteiger partial charge in [0.2, 0.25) is 0 Å². The van der Waals surface area contributed by atoms with Crippen LogP contribution in [0.1, 0.15) is 0 Å². The summed E-state index contributed by atoms with van der Waals surface area (Å²) in [5.74, 6) is 0. The zero-order valence-corrected chi connectivity index (χ0v) is 5.96. The molecule has 0 atom stereocenters. The van der Waals surface area contributed by atoms with E-state index < -0.39 is 0 Å². The van der Waals surface area contributed by atoms with Gasteiger partial charge in [-0.2, -0.15) is 5.26 Å². The molecule has 0 rings (SSSR count). The Balaban J connectivity index is -0.0000000200. The predicted octanol–water partition coefficient (Wildman–Crippen LogP) is -0.521. The van der Waals surface area contributed by atoms with Crippen molar-refractivity contribution in [3.63, 3.8) is 0 Å². The average molecular weight is 151 g/mol. The minimum atomic E-state index is 0. The minimum Gasteiger partial charge on any atom is -0.185 e. The summed E-state index contributed by atoms with van der Waals surface area (Å²) >= 11 is 3.09. The predicted molar refractivity (Wildman–Crippen MR) is 23.1 cm³/mol. The van der Waals surface area contributed by atoms with Crippen LogP contribution < -0.4 is 0 Å². The zero-order valence-electron chi connectivity index (χ0n) is 2.10. The molecule has 0 aromatic rings. The van der Waals surface area contributed by atoms with E-state index in [2.05, 4.69) is 12.6 Å². The van der Waals surface area contributed by atoms with Crippen molar-refractivity contribution in [1.82, 2.24) is 0 Å². The van der Waals surface area contributed by atoms with Crippen molar-refractivity contribution in [1.29, 1.82) is 5.26 Å². The minimum absolute atomic E-state index is 0. The molecule has 0 heterocycles. The fourth-order valence-corrected chi connectivity index (χ4v) is 0. The zero-order chi connectivity index (χ0) is 2.71. The van der Waals surface area contributed by atoms with Gasteiger partial charge in [0.1, 0.15) is 5.40 Å². The molecule has 0 fully saturated rings. The third-order valence-electron chi connectivity index (χ3n) is 0. The van der Waals surface area contributed by atoms with Gasteiger partial charge in [0.25, 0.3) is 0 Å². The molecule has 0 aromatic heterocycles. The molecule has 0 aromatic carbocycles. The van der Waals surface area contributed by atoms with Crippen LogP contribution in [0.15, 0.2) is 0 Å². The van der Waals surface area contributed by atoms with Crippen LogP contribution >= 0.6 is 12.6 Å². The molecule has 1 nitrogen and oxygen atoms in total. The quantitative estimate of drug-likeness (QED) is 0.281. The fourth-order valence-electron chi connectivity index (χ4n) is 0. The Bertz CT molecular complexity index is 33.1. The second kappa shape index (κ2) is 18.8. The van der Waals surface area contributed by atoms with Crippen molar-refractivity contribution in [2.45, 2.75) is 0 Å². The van der Waals surface area contributed by atoms with Crippen LogP contribution in [-0.4, -0.2) is 23.1 Å². The first-order chi connectivity index (χ1) is 1.41. The van der Waals surface area contributed by atoms with Crippen LogP contribution in [0.25, 0.3) is 0 Å². The maximum Gasteiger partial charge on any atom is 0.316 e. The molecule has 0 N–H and O–H groups in total. The van der Waals surface area contributed by atoms with E-state index in [1.165, 1.54) is 5.40 Å². The van der Waals surface area contributed by atoms with Gasteiger partial charge in [-0.3, -0.25) is 0 Å². The number of thiocyanates is 1. The van der Waals surface area contributed by atoms with E-state index in [0.717, 1.165) is 0 Å². The van der Waals surface area contributed by atoms with Crippen molar-refractivity contribution in [2.75, 3.05) is 0 Å². The number of thiol groups is 1. The number of hydrogen-bond donors (Lipinski definition) is 1. The van der Waals surface area contributed by atoms with Crippen LogP contribution in [0.2, 0.25) is 0 Å². The Labute approximate surface area is 65.4 Å². The van der Waals surface area contributed by atoms with E-state index in [1.807, 2.05) is 0 Å². The molecule has 22 valence electrons. The summed E-state index contributed by atoms with van der Waals surface area (Å²) in [4.78, 5) is 0. The molecule has 0 amide bonds. The number of nitriles is 1. The third kappa shape index (κ3) is 36.1. The standard InChI is InChI=1S/CHNS.Mg.Zn.2H/c2-1-3;;;;/h3H;;;;. The third-order valence-corrected chi connectivity index (χ3v) is 0. The molecule has 0 spiro atoms. The van der Waals surface area contributed by atoms with E-state index in [-0.39, 0.29) is 42.5 Å². The number of rotatable bonds is 0. The molecular formula is CH3MgNSZn. The molecule has 5 heavy (non-hydrogen) atoms. The number of hydrogen-bond acceptors (Lipinski definition) is 2. The summed E-state index contributed by atoms with van der Waals surface area (Å²) in [6.07, 6.45) is 0. The molecule has 0 aliphatic rings. The van der Waals surface area contributed by atoms with Gasteiger partial charge >= 0.3 is 23.1 Å². The monoisotopic (exact) mass is 149 g/mol. The van der Waals surface area contributed by atoms with E-state index in [4.69, 9.17) is 5.26 Å². The van der Waals surface area contributed by atoms with Crippen molar-refractivity contribution >= 4 is 35.7 Å². The Morgan fingerprint density at radius 2 is 1.60 bits per heavy atom. The van der Waals surface area contributed by atoms with Crippen molar-refractivity contribution < 1.29 is 19.5 Å². The summed E-state index contributed by atoms with van der Waals surface area (Å²) in [5, 5.41) is 8.63. The first-order valence-corrected chi connectivity index (χ1v) is 0.894. The van der Waals surface area contributed by atoms with Gasteiger partial charge in [-0.05, 0) is 0 Å². The fraction of sp³-hybridized carbons (Fsp3) is 0. The Morgan fingerprint density at radius 3 is 1.60 bits per heavy atom. The summed E-state index contributed by atoms with van der Waals surface area (Å²) in [7, 11) is 0. The van der Waals surface area contributed by atoms with Crippen LogP contribution in [0.4, 0.5) is 0 Å². The first kappa shape index (κ1) is 16.3. The second-order valence-corrected chi connectivity index (χ2v) is 0.300. The molecular weight excluding hydrogens is 148 g/mol. The number of nitrogens with zero attached hydrogens (tertiary/aromatic N) is 1. The van der Waals surface area contributed by atoms with Crippen molar-refractivity contribution in [3.05, 3.63) is 0 Å². The average Bonchev–Trinajstić information content (AvgIpc) is 0.918. The smallest absolute Gasteiger partial charge is 0.185 e. The molecule has 0 radical (unpaired) electrons. The molecule has 4 heteroatoms. The van der Waals surface area contributed by atoms with Gasteiger partial charge in [0.15, 0.2) is 0 Å². The van der Waals surface area contributed by atoms with E-state index in [0.29, 0.717) is 0 Å². The van der Waals surface area contributed by atoms with Crippen LogP contribution in [0.3, 0.4) is 0 Å². The first-order valence-electron chi connectivity index (χ1n) is 0.447. The Morgan fingerprint density at radius 1 is 1.60 bits per heavy atom. The van der Waals surface area contributed by atoms with Crippen molar-refractivity contribution in [2.24, 2.45) is 0 Å². The topological polar surface area (TPSA) is 23.8 Å². The van der Waals surface area contributed by atoms with Gasteiger partial charge in [-0.15, -0.1) is 0 Å². The van der Waals surface area contributed by atoms with Crippen LogP contribution in [-0.2, 0) is 19.5 Å². The SMILES string of the molecule is N#CS.[MgH2].[Zn]. The Kier molecular flexibility index (Phi) is 61.5. The van der Waals surface area contributed by atoms with Gasteiger partial charge in [0.05, 0.1) is 0 Å². The second-order valence-electron chi connectivity index (χ2n) is 0.100. The van der Waals surface area contributed by atoms with Gasteiger partial charge in [-0.25, -0.2) is 0 Å². The van der Waals surface area contributed by atoms with E-state index in [9.17, 15) is 0 Å². The van der Waals surface area contributed by atoms with E-state index in [1.54, 1.807) is 0 Å². The van der Waals surface area contributed by atoms with E-state index >= 15 is 0 Å². The van der Waals surface area contributed by atoms with Crippen LogP contribution in [0.5, 0.6) is 0 Å². The summed E-state index contributed by atoms with van der Waals surface area (Å²) in [5.41, 5.74) is 0. The van der Waals surface area contributed by atoms with Gasteiger partial charge in [0, 0.05) is 19.5 Å². The summed E-state index contributed by atoms with van der Waals surface area (Å²) in [6.45, 7) is 0. The maximum atomic E-state index is 7.18. The largest absolute Gasteiger partial charge is 0.316 e. The maximum absolute atomic E-state index is 7.18. The molecule has 0 saturated heterocycles. The van der Waals surface area contributed by atoms with Crippen molar-refractivity contribution in [3.8, 4) is 5.40 Å². The molecule has 0 unspecified atom stereocenters. The molecule has 0 saturated carbocycles. The Hall–Kier alpha value is 1.23. The molecule has 0 aliphatic carbocycles. The molecule has 0 bridgehead atoms. The normalized spacial score (nSPS) is 1.60. The molecule has 0 aliphatic heterocycles.